The number of methoxy groups -OCH3 is 2. The summed E-state index contributed by atoms with van der Waals surface area (Å²) in [7, 11) is -0.417. The zero-order valence-electron chi connectivity index (χ0n) is 17.3. The second kappa shape index (κ2) is 8.66. The van der Waals surface area contributed by atoms with Crippen LogP contribution < -0.4 is 14.2 Å². The van der Waals surface area contributed by atoms with Gasteiger partial charge < -0.3 is 9.47 Å². The number of nitrogens with one attached hydrogen (secondary N) is 1. The highest BCUT2D eigenvalue weighted by atomic mass is 32.2. The van der Waals surface area contributed by atoms with Gasteiger partial charge in [-0.15, -0.1) is 5.10 Å². The van der Waals surface area contributed by atoms with Crippen LogP contribution in [-0.4, -0.2) is 43.8 Å². The van der Waals surface area contributed by atoms with Gasteiger partial charge in [0.1, 0.15) is 11.5 Å². The first-order valence-electron chi connectivity index (χ1n) is 9.54. The van der Waals surface area contributed by atoms with Crippen LogP contribution in [0, 0.1) is 6.92 Å². The highest BCUT2D eigenvalue weighted by Crippen LogP contribution is 2.26. The number of ether oxygens (including phenoxy) is 2. The number of hydrogen-bond donors (Lipinski definition) is 1. The lowest BCUT2D eigenvalue weighted by Gasteiger charge is -2.07. The van der Waals surface area contributed by atoms with Crippen molar-refractivity contribution in [2.75, 3.05) is 20.8 Å². The Hall–Kier alpha value is -2.95. The van der Waals surface area contributed by atoms with Gasteiger partial charge in [-0.1, -0.05) is 11.3 Å². The first kappa shape index (κ1) is 21.3. The van der Waals surface area contributed by atoms with Gasteiger partial charge in [0.25, 0.3) is 0 Å². The fourth-order valence-electron chi connectivity index (χ4n) is 3.12. The van der Waals surface area contributed by atoms with E-state index >= 15 is 0 Å². The maximum absolute atomic E-state index is 12.5. The van der Waals surface area contributed by atoms with E-state index in [0.717, 1.165) is 26.8 Å². The molecule has 4 aromatic rings. The molecule has 10 heteroatoms. The Balaban J connectivity index is 1.45. The molecule has 0 amide bonds. The van der Waals surface area contributed by atoms with Crippen LogP contribution in [-0.2, 0) is 16.4 Å². The second-order valence-corrected chi connectivity index (χ2v) is 9.62. The minimum atomic E-state index is -3.58. The van der Waals surface area contributed by atoms with Crippen molar-refractivity contribution in [1.29, 1.82) is 0 Å². The summed E-state index contributed by atoms with van der Waals surface area (Å²) in [6.45, 7) is 2.24. The molecule has 2 aromatic heterocycles. The number of thiazole rings is 1. The number of nitrogens with zero attached hydrogens (tertiary/aromatic N) is 3. The summed E-state index contributed by atoms with van der Waals surface area (Å²) in [5, 5.41) is 4.60. The predicted molar refractivity (Wildman–Crippen MR) is 119 cm³/mol. The molecule has 8 nitrogen and oxygen atoms in total. The van der Waals surface area contributed by atoms with Crippen molar-refractivity contribution in [2.45, 2.75) is 18.2 Å². The summed E-state index contributed by atoms with van der Waals surface area (Å²) < 4.78 is 39.7. The molecule has 0 saturated carbocycles. The molecule has 0 unspecified atom stereocenters. The topological polar surface area (TPSA) is 94.8 Å². The second-order valence-electron chi connectivity index (χ2n) is 6.79. The van der Waals surface area contributed by atoms with Crippen molar-refractivity contribution in [2.24, 2.45) is 0 Å². The van der Waals surface area contributed by atoms with Crippen molar-refractivity contribution in [1.82, 2.24) is 19.3 Å². The Bertz CT molecular complexity index is 1290. The van der Waals surface area contributed by atoms with Gasteiger partial charge >= 0.3 is 0 Å². The molecule has 0 aliphatic heterocycles. The molecule has 2 heterocycles. The first-order valence-corrected chi connectivity index (χ1v) is 11.8. The molecule has 0 saturated heterocycles. The van der Waals surface area contributed by atoms with Gasteiger partial charge in [-0.2, -0.15) is 4.98 Å². The lowest BCUT2D eigenvalue weighted by molar-refractivity contribution is 0.414. The average Bonchev–Trinajstić information content (AvgIpc) is 3.33. The lowest BCUT2D eigenvalue weighted by atomic mass is 10.2. The van der Waals surface area contributed by atoms with Crippen LogP contribution >= 0.6 is 11.3 Å². The summed E-state index contributed by atoms with van der Waals surface area (Å²) in [4.78, 5) is 6.64. The van der Waals surface area contributed by atoms with Crippen molar-refractivity contribution in [3.63, 3.8) is 0 Å². The molecule has 0 aliphatic carbocycles. The summed E-state index contributed by atoms with van der Waals surface area (Å²) in [5.74, 6) is 2.03. The monoisotopic (exact) mass is 458 g/mol. The molecular weight excluding hydrogens is 436 g/mol. The van der Waals surface area contributed by atoms with Gasteiger partial charge in [0.2, 0.25) is 15.0 Å². The molecule has 31 heavy (non-hydrogen) atoms. The van der Waals surface area contributed by atoms with Crippen LogP contribution in [0.15, 0.2) is 53.4 Å². The maximum Gasteiger partial charge on any atom is 0.240 e. The molecule has 2 aromatic carbocycles. The zero-order chi connectivity index (χ0) is 22.0. The molecule has 4 rings (SSSR count). The average molecular weight is 459 g/mol. The van der Waals surface area contributed by atoms with E-state index in [2.05, 4.69) is 14.8 Å². The third-order valence-corrected chi connectivity index (χ3v) is 7.54. The van der Waals surface area contributed by atoms with E-state index < -0.39 is 10.0 Å². The van der Waals surface area contributed by atoms with Gasteiger partial charge in [0, 0.05) is 17.0 Å². The van der Waals surface area contributed by atoms with Crippen molar-refractivity contribution >= 4 is 26.3 Å². The molecule has 0 fully saturated rings. The predicted octanol–water partition coefficient (Wildman–Crippen LogP) is 3.30. The van der Waals surface area contributed by atoms with E-state index in [1.165, 1.54) is 30.6 Å². The molecule has 0 bridgehead atoms. The van der Waals surface area contributed by atoms with Crippen molar-refractivity contribution < 1.29 is 17.9 Å². The zero-order valence-corrected chi connectivity index (χ0v) is 19.0. The quantitative estimate of drug-likeness (QED) is 0.435. The highest BCUT2D eigenvalue weighted by molar-refractivity contribution is 7.89. The minimum Gasteiger partial charge on any atom is -0.497 e. The van der Waals surface area contributed by atoms with E-state index in [4.69, 9.17) is 9.47 Å². The summed E-state index contributed by atoms with van der Waals surface area (Å²) in [6.07, 6.45) is 0.550. The Morgan fingerprint density at radius 2 is 1.61 bits per heavy atom. The van der Waals surface area contributed by atoms with E-state index in [-0.39, 0.29) is 11.4 Å². The Labute approximate surface area is 184 Å². The number of aryl methyl sites for hydroxylation is 1. The van der Waals surface area contributed by atoms with Crippen LogP contribution in [0.25, 0.3) is 16.3 Å². The van der Waals surface area contributed by atoms with E-state index in [1.807, 2.05) is 31.2 Å². The van der Waals surface area contributed by atoms with Gasteiger partial charge in [0.15, 0.2) is 5.82 Å². The van der Waals surface area contributed by atoms with Gasteiger partial charge in [0.05, 0.1) is 24.8 Å². The highest BCUT2D eigenvalue weighted by Gasteiger charge is 2.17. The Morgan fingerprint density at radius 1 is 1.00 bits per heavy atom. The number of fused-ring (bicyclic) bond motifs is 1. The number of benzene rings is 2. The molecular formula is C21H22N4O4S2. The van der Waals surface area contributed by atoms with Gasteiger partial charge in [-0.3, -0.25) is 0 Å². The Kier molecular flexibility index (Phi) is 5.94. The normalized spacial score (nSPS) is 11.7. The summed E-state index contributed by atoms with van der Waals surface area (Å²) in [6, 6.07) is 13.9. The third kappa shape index (κ3) is 4.41. The van der Waals surface area contributed by atoms with Crippen molar-refractivity contribution in [3.8, 4) is 22.9 Å². The standard InChI is InChI=1S/C21H22N4O4S2/c1-14-19(12-13-22-31(26,27)18-10-8-17(29-3)9-11-18)30-21-23-20(24-25(14)21)15-4-6-16(28-2)7-5-15/h4-11,22H,12-13H2,1-3H3. The molecule has 162 valence electrons. The van der Waals surface area contributed by atoms with E-state index in [1.54, 1.807) is 23.8 Å². The molecule has 0 atom stereocenters. The fraction of sp³-hybridized carbons (Fsp3) is 0.238. The van der Waals surface area contributed by atoms with Crippen LogP contribution in [0.4, 0.5) is 0 Å². The van der Waals surface area contributed by atoms with Crippen LogP contribution in [0.2, 0.25) is 0 Å². The number of sulfonamides is 1. The SMILES string of the molecule is COc1ccc(-c2nc3sc(CCNS(=O)(=O)c4ccc(OC)cc4)c(C)n3n2)cc1. The van der Waals surface area contributed by atoms with E-state index in [9.17, 15) is 8.42 Å². The molecule has 1 N–H and O–H groups in total. The summed E-state index contributed by atoms with van der Waals surface area (Å²) >= 11 is 1.51. The van der Waals surface area contributed by atoms with Gasteiger partial charge in [-0.05, 0) is 61.9 Å². The summed E-state index contributed by atoms with van der Waals surface area (Å²) in [5.41, 5.74) is 1.86. The van der Waals surface area contributed by atoms with E-state index in [0.29, 0.717) is 18.0 Å². The Morgan fingerprint density at radius 3 is 2.19 bits per heavy atom. The van der Waals surface area contributed by atoms with Crippen molar-refractivity contribution in [3.05, 3.63) is 59.1 Å². The van der Waals surface area contributed by atoms with Gasteiger partial charge in [-0.25, -0.2) is 17.7 Å². The maximum atomic E-state index is 12.5. The lowest BCUT2D eigenvalue weighted by Crippen LogP contribution is -2.26. The first-order chi connectivity index (χ1) is 14.9. The fourth-order valence-corrected chi connectivity index (χ4v) is 5.20. The largest absolute Gasteiger partial charge is 0.497 e. The third-order valence-electron chi connectivity index (χ3n) is 4.88. The smallest absolute Gasteiger partial charge is 0.240 e. The molecule has 0 spiro atoms. The number of aromatic nitrogens is 3. The van der Waals surface area contributed by atoms with Crippen LogP contribution in [0.5, 0.6) is 11.5 Å². The minimum absolute atomic E-state index is 0.205. The van der Waals surface area contributed by atoms with Crippen LogP contribution in [0.1, 0.15) is 10.6 Å². The molecule has 0 radical (unpaired) electrons. The van der Waals surface area contributed by atoms with Crippen LogP contribution in [0.3, 0.4) is 0 Å². The number of hydrogen-bond acceptors (Lipinski definition) is 7. The number of rotatable bonds is 8. The molecule has 0 aliphatic rings.